The number of carbonyl (C=O) groups is 1. The van der Waals surface area contributed by atoms with Crippen LogP contribution in [0.1, 0.15) is 12.5 Å². The van der Waals surface area contributed by atoms with E-state index in [0.717, 1.165) is 5.56 Å². The van der Waals surface area contributed by atoms with Crippen LogP contribution in [-0.4, -0.2) is 70.2 Å². The van der Waals surface area contributed by atoms with E-state index in [0.29, 0.717) is 18.7 Å². The summed E-state index contributed by atoms with van der Waals surface area (Å²) in [5.74, 6) is 0.320. The molecule has 1 aromatic carbocycles. The molecular weight excluding hydrogens is 318 g/mol. The highest BCUT2D eigenvalue weighted by atomic mass is 16.7. The van der Waals surface area contributed by atoms with E-state index >= 15 is 0 Å². The molecule has 1 fully saturated rings. The van der Waals surface area contributed by atoms with Gasteiger partial charge in [0.2, 0.25) is 12.2 Å². The molecule has 0 saturated carbocycles. The van der Waals surface area contributed by atoms with E-state index in [-0.39, 0.29) is 5.91 Å². The number of benzene rings is 1. The van der Waals surface area contributed by atoms with Gasteiger partial charge in [-0.05, 0) is 24.1 Å². The topological polar surface area (TPSA) is 128 Å². The van der Waals surface area contributed by atoms with Gasteiger partial charge in [0.25, 0.3) is 0 Å². The Balaban J connectivity index is 1.93. The number of aliphatic hydroxyl groups is 4. The Hall–Kier alpha value is -1.71. The van der Waals surface area contributed by atoms with Gasteiger partial charge in [-0.2, -0.15) is 0 Å². The normalized spacial score (nSPS) is 30.0. The second kappa shape index (κ2) is 8.41. The summed E-state index contributed by atoms with van der Waals surface area (Å²) < 4.78 is 10.8. The van der Waals surface area contributed by atoms with E-state index in [9.17, 15) is 20.1 Å². The fraction of sp³-hybridized carbons (Fsp3) is 0.562. The highest BCUT2D eigenvalue weighted by Gasteiger charge is 2.44. The summed E-state index contributed by atoms with van der Waals surface area (Å²) >= 11 is 0. The Labute approximate surface area is 139 Å². The van der Waals surface area contributed by atoms with E-state index in [2.05, 4.69) is 5.32 Å². The van der Waals surface area contributed by atoms with Gasteiger partial charge in [0, 0.05) is 13.5 Å². The molecule has 1 aliphatic rings. The summed E-state index contributed by atoms with van der Waals surface area (Å²) in [6.45, 7) is 1.48. The number of rotatable bonds is 6. The second-order valence-corrected chi connectivity index (χ2v) is 5.69. The van der Waals surface area contributed by atoms with Crippen molar-refractivity contribution in [1.82, 2.24) is 5.32 Å². The Morgan fingerprint density at radius 3 is 2.42 bits per heavy atom. The van der Waals surface area contributed by atoms with Crippen molar-refractivity contribution >= 4 is 5.91 Å². The molecule has 0 bridgehead atoms. The zero-order valence-corrected chi connectivity index (χ0v) is 13.3. The van der Waals surface area contributed by atoms with Gasteiger partial charge in [-0.3, -0.25) is 4.79 Å². The highest BCUT2D eigenvalue weighted by molar-refractivity contribution is 5.72. The third-order valence-electron chi connectivity index (χ3n) is 3.81. The summed E-state index contributed by atoms with van der Waals surface area (Å²) in [5, 5.41) is 41.2. The molecule has 1 heterocycles. The average molecular weight is 341 g/mol. The molecule has 1 saturated heterocycles. The number of aliphatic hydroxyl groups excluding tert-OH is 4. The zero-order valence-electron chi connectivity index (χ0n) is 13.3. The fourth-order valence-corrected chi connectivity index (χ4v) is 2.42. The van der Waals surface area contributed by atoms with Crippen LogP contribution in [0.15, 0.2) is 24.3 Å². The van der Waals surface area contributed by atoms with Crippen molar-refractivity contribution in [1.29, 1.82) is 0 Å². The lowest BCUT2D eigenvalue weighted by Crippen LogP contribution is -2.60. The predicted octanol–water partition coefficient (Wildman–Crippen LogP) is -1.46. The van der Waals surface area contributed by atoms with Gasteiger partial charge in [-0.25, -0.2) is 0 Å². The van der Waals surface area contributed by atoms with Gasteiger partial charge in [-0.1, -0.05) is 12.1 Å². The number of amides is 1. The standard InChI is InChI=1S/C16H23NO7/c1-9(19)17-7-6-10-2-4-11(5-3-10)23-16-15(22)14(21)13(20)12(8-18)24-16/h2-5,12-16,18,20-22H,6-8H2,1H3,(H,17,19). The van der Waals surface area contributed by atoms with Crippen molar-refractivity contribution in [3.8, 4) is 5.75 Å². The van der Waals surface area contributed by atoms with Crippen LogP contribution in [0.5, 0.6) is 5.75 Å². The molecule has 1 aliphatic heterocycles. The Bertz CT molecular complexity index is 534. The fourth-order valence-electron chi connectivity index (χ4n) is 2.42. The monoisotopic (exact) mass is 341 g/mol. The Morgan fingerprint density at radius 1 is 1.17 bits per heavy atom. The van der Waals surface area contributed by atoms with Crippen molar-refractivity contribution in [2.75, 3.05) is 13.2 Å². The highest BCUT2D eigenvalue weighted by Crippen LogP contribution is 2.24. The maximum absolute atomic E-state index is 10.8. The van der Waals surface area contributed by atoms with Crippen molar-refractivity contribution in [3.63, 3.8) is 0 Å². The van der Waals surface area contributed by atoms with Crippen molar-refractivity contribution < 1.29 is 34.7 Å². The van der Waals surface area contributed by atoms with E-state index in [1.54, 1.807) is 24.3 Å². The van der Waals surface area contributed by atoms with Crippen LogP contribution in [0.25, 0.3) is 0 Å². The summed E-state index contributed by atoms with van der Waals surface area (Å²) in [6, 6.07) is 6.96. The minimum absolute atomic E-state index is 0.0856. The van der Waals surface area contributed by atoms with Gasteiger partial charge in [0.05, 0.1) is 6.61 Å². The maximum atomic E-state index is 10.8. The molecule has 134 valence electrons. The minimum atomic E-state index is -1.47. The largest absolute Gasteiger partial charge is 0.462 e. The van der Waals surface area contributed by atoms with Gasteiger partial charge in [0.1, 0.15) is 30.2 Å². The zero-order chi connectivity index (χ0) is 17.7. The summed E-state index contributed by atoms with van der Waals surface area (Å²) in [6.07, 6.45) is -5.88. The van der Waals surface area contributed by atoms with Crippen LogP contribution in [0, 0.1) is 0 Å². The van der Waals surface area contributed by atoms with E-state index in [1.807, 2.05) is 0 Å². The van der Waals surface area contributed by atoms with Crippen molar-refractivity contribution in [2.24, 2.45) is 0 Å². The van der Waals surface area contributed by atoms with E-state index in [4.69, 9.17) is 14.6 Å². The Morgan fingerprint density at radius 2 is 1.83 bits per heavy atom. The average Bonchev–Trinajstić information content (AvgIpc) is 2.56. The molecule has 1 amide bonds. The predicted molar refractivity (Wildman–Crippen MR) is 83.2 cm³/mol. The number of hydrogen-bond acceptors (Lipinski definition) is 7. The van der Waals surface area contributed by atoms with Crippen LogP contribution in [0.4, 0.5) is 0 Å². The lowest BCUT2D eigenvalue weighted by atomic mass is 9.99. The van der Waals surface area contributed by atoms with E-state index < -0.39 is 37.3 Å². The van der Waals surface area contributed by atoms with Gasteiger partial charge in [0.15, 0.2) is 0 Å². The number of carbonyl (C=O) groups excluding carboxylic acids is 1. The summed E-state index contributed by atoms with van der Waals surface area (Å²) in [5.41, 5.74) is 0.991. The molecule has 0 aliphatic carbocycles. The summed E-state index contributed by atoms with van der Waals surface area (Å²) in [4.78, 5) is 10.8. The lowest BCUT2D eigenvalue weighted by molar-refractivity contribution is -0.277. The Kier molecular flexibility index (Phi) is 6.52. The quantitative estimate of drug-likeness (QED) is 0.428. The molecule has 8 heteroatoms. The first-order valence-corrected chi connectivity index (χ1v) is 7.73. The smallest absolute Gasteiger partial charge is 0.229 e. The van der Waals surface area contributed by atoms with Crippen LogP contribution in [0.3, 0.4) is 0 Å². The second-order valence-electron chi connectivity index (χ2n) is 5.69. The number of nitrogens with one attached hydrogen (secondary N) is 1. The molecule has 0 spiro atoms. The minimum Gasteiger partial charge on any atom is -0.462 e. The first-order valence-electron chi connectivity index (χ1n) is 7.73. The third-order valence-corrected chi connectivity index (χ3v) is 3.81. The molecule has 0 radical (unpaired) electrons. The molecular formula is C16H23NO7. The number of ether oxygens (including phenoxy) is 2. The molecule has 1 aromatic rings. The number of hydrogen-bond donors (Lipinski definition) is 5. The third kappa shape index (κ3) is 4.65. The van der Waals surface area contributed by atoms with Crippen LogP contribution >= 0.6 is 0 Å². The van der Waals surface area contributed by atoms with Gasteiger partial charge in [-0.15, -0.1) is 0 Å². The lowest BCUT2D eigenvalue weighted by Gasteiger charge is -2.39. The molecule has 2 rings (SSSR count). The van der Waals surface area contributed by atoms with Crippen molar-refractivity contribution in [3.05, 3.63) is 29.8 Å². The molecule has 5 N–H and O–H groups in total. The first kappa shape index (κ1) is 18.6. The molecule has 5 unspecified atom stereocenters. The first-order chi connectivity index (χ1) is 11.4. The van der Waals surface area contributed by atoms with Crippen LogP contribution in [-0.2, 0) is 16.0 Å². The van der Waals surface area contributed by atoms with E-state index in [1.165, 1.54) is 6.92 Å². The molecule has 8 nitrogen and oxygen atoms in total. The van der Waals surface area contributed by atoms with Gasteiger partial charge >= 0.3 is 0 Å². The maximum Gasteiger partial charge on any atom is 0.229 e. The SMILES string of the molecule is CC(=O)NCCc1ccc(OC2OC(CO)C(O)C(O)C2O)cc1. The van der Waals surface area contributed by atoms with Gasteiger partial charge < -0.3 is 35.2 Å². The molecule has 0 aromatic heterocycles. The van der Waals surface area contributed by atoms with Crippen LogP contribution in [0.2, 0.25) is 0 Å². The molecule has 24 heavy (non-hydrogen) atoms. The summed E-state index contributed by atoms with van der Waals surface area (Å²) in [7, 11) is 0. The van der Waals surface area contributed by atoms with Crippen molar-refractivity contribution in [2.45, 2.75) is 44.1 Å². The van der Waals surface area contributed by atoms with Crippen LogP contribution < -0.4 is 10.1 Å². The molecule has 5 atom stereocenters.